The van der Waals surface area contributed by atoms with E-state index in [2.05, 4.69) is 15.3 Å². The third kappa shape index (κ3) is 5.51. The van der Waals surface area contributed by atoms with Gasteiger partial charge in [0, 0.05) is 30.2 Å². The standard InChI is InChI=1S/C24H23ClF2N4O2/c1-16-6-8-20(9-7-16)31(22(32)21(25)27)24(2,18-13-28-15-29-14-18)23(33)30-11-10-17-4-3-5-19(26)12-17/h3-9,12-15,21H,10-11H2,1-2H3,(H,30,33)/t21-,24+/m0/s1. The third-order valence-electron chi connectivity index (χ3n) is 5.30. The van der Waals surface area contributed by atoms with Crippen LogP contribution in [0.5, 0.6) is 0 Å². The van der Waals surface area contributed by atoms with Crippen molar-refractivity contribution < 1.29 is 18.4 Å². The average molecular weight is 473 g/mol. The van der Waals surface area contributed by atoms with Gasteiger partial charge in [0.25, 0.3) is 17.4 Å². The van der Waals surface area contributed by atoms with E-state index in [0.29, 0.717) is 12.0 Å². The molecule has 3 aromatic rings. The maximum Gasteiger partial charge on any atom is 0.278 e. The van der Waals surface area contributed by atoms with Gasteiger partial charge in [-0.1, -0.05) is 41.4 Å². The van der Waals surface area contributed by atoms with Crippen molar-refractivity contribution in [2.45, 2.75) is 31.4 Å². The number of anilines is 1. The fraction of sp³-hybridized carbons (Fsp3) is 0.250. The van der Waals surface area contributed by atoms with Crippen LogP contribution in [0.1, 0.15) is 23.6 Å². The number of halogens is 3. The van der Waals surface area contributed by atoms with Crippen LogP contribution in [0.2, 0.25) is 0 Å². The number of rotatable bonds is 8. The van der Waals surface area contributed by atoms with Crippen LogP contribution in [0.15, 0.2) is 67.3 Å². The van der Waals surface area contributed by atoms with Crippen LogP contribution >= 0.6 is 11.6 Å². The highest BCUT2D eigenvalue weighted by molar-refractivity contribution is 6.32. The largest absolute Gasteiger partial charge is 0.353 e. The molecular weight excluding hydrogens is 450 g/mol. The molecule has 33 heavy (non-hydrogen) atoms. The second kappa shape index (κ2) is 10.5. The summed E-state index contributed by atoms with van der Waals surface area (Å²) in [5.41, 5.74) is -1.96. The minimum atomic E-state index is -2.38. The Kier molecular flexibility index (Phi) is 7.71. The van der Waals surface area contributed by atoms with Gasteiger partial charge in [0.2, 0.25) is 0 Å². The third-order valence-corrected chi connectivity index (χ3v) is 5.49. The molecular formula is C24H23ClF2N4O2. The summed E-state index contributed by atoms with van der Waals surface area (Å²) < 4.78 is 27.6. The van der Waals surface area contributed by atoms with Crippen LogP contribution in [0.3, 0.4) is 0 Å². The van der Waals surface area contributed by atoms with E-state index in [1.165, 1.54) is 37.8 Å². The first kappa shape index (κ1) is 24.3. The van der Waals surface area contributed by atoms with Gasteiger partial charge >= 0.3 is 0 Å². The minimum Gasteiger partial charge on any atom is -0.353 e. The van der Waals surface area contributed by atoms with Gasteiger partial charge in [-0.2, -0.15) is 0 Å². The molecule has 172 valence electrons. The predicted molar refractivity (Wildman–Crippen MR) is 122 cm³/mol. The fourth-order valence-corrected chi connectivity index (χ4v) is 3.59. The van der Waals surface area contributed by atoms with Crippen LogP contribution in [-0.2, 0) is 21.5 Å². The van der Waals surface area contributed by atoms with Crippen molar-refractivity contribution in [3.8, 4) is 0 Å². The van der Waals surface area contributed by atoms with E-state index in [9.17, 15) is 18.4 Å². The quantitative estimate of drug-likeness (QED) is 0.501. The van der Waals surface area contributed by atoms with E-state index in [4.69, 9.17) is 11.6 Å². The van der Waals surface area contributed by atoms with Crippen molar-refractivity contribution in [3.05, 3.63) is 89.8 Å². The number of aromatic nitrogens is 2. The highest BCUT2D eigenvalue weighted by atomic mass is 35.5. The molecule has 0 aliphatic carbocycles. The number of nitrogens with zero attached hydrogens (tertiary/aromatic N) is 3. The number of carbonyl (C=O) groups is 2. The molecule has 0 aliphatic rings. The van der Waals surface area contributed by atoms with Crippen molar-refractivity contribution >= 4 is 29.1 Å². The zero-order chi connectivity index (χ0) is 24.0. The summed E-state index contributed by atoms with van der Waals surface area (Å²) in [6, 6.07) is 12.7. The second-order valence-electron chi connectivity index (χ2n) is 7.65. The Morgan fingerprint density at radius 3 is 2.42 bits per heavy atom. The molecule has 1 heterocycles. The average Bonchev–Trinajstić information content (AvgIpc) is 2.80. The van der Waals surface area contributed by atoms with Gasteiger partial charge in [0.1, 0.15) is 12.1 Å². The molecule has 2 atom stereocenters. The monoisotopic (exact) mass is 472 g/mol. The summed E-state index contributed by atoms with van der Waals surface area (Å²) >= 11 is 5.55. The fourth-order valence-electron chi connectivity index (χ4n) is 3.49. The Morgan fingerprint density at radius 1 is 1.15 bits per heavy atom. The Balaban J connectivity index is 1.99. The molecule has 0 bridgehead atoms. The van der Waals surface area contributed by atoms with Crippen molar-refractivity contribution in [2.24, 2.45) is 0 Å². The number of hydrogen-bond donors (Lipinski definition) is 1. The Bertz CT molecular complexity index is 1110. The molecule has 2 aromatic carbocycles. The van der Waals surface area contributed by atoms with E-state index >= 15 is 0 Å². The molecule has 9 heteroatoms. The number of alkyl halides is 2. The van der Waals surface area contributed by atoms with E-state index < -0.39 is 23.0 Å². The van der Waals surface area contributed by atoms with Crippen molar-refractivity contribution in [3.63, 3.8) is 0 Å². The van der Waals surface area contributed by atoms with E-state index in [1.54, 1.807) is 36.4 Å². The molecule has 0 saturated heterocycles. The molecule has 3 rings (SSSR count). The Morgan fingerprint density at radius 2 is 1.82 bits per heavy atom. The van der Waals surface area contributed by atoms with E-state index in [-0.39, 0.29) is 23.6 Å². The minimum absolute atomic E-state index is 0.154. The number of hydrogen-bond acceptors (Lipinski definition) is 4. The molecule has 0 radical (unpaired) electrons. The van der Waals surface area contributed by atoms with Gasteiger partial charge in [0.15, 0.2) is 5.54 Å². The van der Waals surface area contributed by atoms with Gasteiger partial charge in [0.05, 0.1) is 0 Å². The van der Waals surface area contributed by atoms with Crippen LogP contribution in [0.4, 0.5) is 14.5 Å². The summed E-state index contributed by atoms with van der Waals surface area (Å²) in [6.07, 6.45) is 4.40. The molecule has 0 spiro atoms. The summed E-state index contributed by atoms with van der Waals surface area (Å²) in [5, 5.41) is 2.77. The maximum absolute atomic E-state index is 14.1. The smallest absolute Gasteiger partial charge is 0.278 e. The first-order chi connectivity index (χ1) is 15.7. The summed E-state index contributed by atoms with van der Waals surface area (Å²) in [6.45, 7) is 3.49. The van der Waals surface area contributed by atoms with Crippen LogP contribution in [-0.4, -0.2) is 34.0 Å². The molecule has 0 fully saturated rings. The number of amides is 2. The van der Waals surface area contributed by atoms with Gasteiger partial charge in [-0.15, -0.1) is 0 Å². The maximum atomic E-state index is 14.1. The molecule has 0 aliphatic heterocycles. The van der Waals surface area contributed by atoms with Gasteiger partial charge in [-0.3, -0.25) is 14.5 Å². The van der Waals surface area contributed by atoms with Gasteiger partial charge < -0.3 is 5.32 Å². The lowest BCUT2D eigenvalue weighted by atomic mass is 9.89. The van der Waals surface area contributed by atoms with Crippen LogP contribution in [0, 0.1) is 12.7 Å². The normalized spacial score (nSPS) is 13.6. The summed E-state index contributed by atoms with van der Waals surface area (Å²) in [7, 11) is 0. The SMILES string of the molecule is Cc1ccc(N(C(=O)[C@H](F)Cl)[C@@](C)(C(=O)NCCc2cccc(F)c2)c2cncnc2)cc1. The zero-order valence-corrected chi connectivity index (χ0v) is 18.9. The van der Waals surface area contributed by atoms with Crippen LogP contribution < -0.4 is 10.2 Å². The number of carbonyl (C=O) groups excluding carboxylic acids is 2. The van der Waals surface area contributed by atoms with Gasteiger partial charge in [-0.25, -0.2) is 18.7 Å². The van der Waals surface area contributed by atoms with E-state index in [0.717, 1.165) is 10.5 Å². The molecule has 0 saturated carbocycles. The second-order valence-corrected chi connectivity index (χ2v) is 8.03. The Hall–Kier alpha value is -3.39. The van der Waals surface area contributed by atoms with Gasteiger partial charge in [-0.05, 0) is 50.1 Å². The highest BCUT2D eigenvalue weighted by Gasteiger charge is 2.46. The lowest BCUT2D eigenvalue weighted by Crippen LogP contribution is -2.58. The Labute approximate surface area is 195 Å². The molecule has 0 unspecified atom stereocenters. The number of aryl methyl sites for hydroxylation is 1. The predicted octanol–water partition coefficient (Wildman–Crippen LogP) is 4.07. The highest BCUT2D eigenvalue weighted by Crippen LogP contribution is 2.34. The molecule has 2 amide bonds. The first-order valence-corrected chi connectivity index (χ1v) is 10.6. The summed E-state index contributed by atoms with van der Waals surface area (Å²) in [5.74, 6) is -2.08. The van der Waals surface area contributed by atoms with E-state index in [1.807, 2.05) is 6.92 Å². The van der Waals surface area contributed by atoms with Crippen molar-refractivity contribution in [1.29, 1.82) is 0 Å². The number of nitrogens with one attached hydrogen (secondary N) is 1. The lowest BCUT2D eigenvalue weighted by Gasteiger charge is -2.40. The molecule has 6 nitrogen and oxygen atoms in total. The van der Waals surface area contributed by atoms with Crippen LogP contribution in [0.25, 0.3) is 0 Å². The molecule has 1 aromatic heterocycles. The number of benzene rings is 2. The zero-order valence-electron chi connectivity index (χ0n) is 18.1. The molecule has 1 N–H and O–H groups in total. The van der Waals surface area contributed by atoms with Crippen molar-refractivity contribution in [2.75, 3.05) is 11.4 Å². The first-order valence-electron chi connectivity index (χ1n) is 10.2. The summed E-state index contributed by atoms with van der Waals surface area (Å²) in [4.78, 5) is 35.4. The topological polar surface area (TPSA) is 75.2 Å². The van der Waals surface area contributed by atoms with Crippen molar-refractivity contribution in [1.82, 2.24) is 15.3 Å². The lowest BCUT2D eigenvalue weighted by molar-refractivity contribution is -0.131.